The highest BCUT2D eigenvalue weighted by atomic mass is 32.1. The molecule has 4 heterocycles. The van der Waals surface area contributed by atoms with Crippen molar-refractivity contribution in [2.75, 3.05) is 0 Å². The molecule has 292 valence electrons. The number of fused-ring (bicyclic) bond motifs is 14. The van der Waals surface area contributed by atoms with Crippen molar-refractivity contribution in [3.8, 4) is 45.8 Å². The molecule has 0 unspecified atom stereocenters. The zero-order valence-electron chi connectivity index (χ0n) is 33.8. The van der Waals surface area contributed by atoms with Gasteiger partial charge in [0.05, 0.1) is 56.7 Å². The number of rotatable bonds is 4. The van der Waals surface area contributed by atoms with Crippen LogP contribution in [-0.4, -0.2) is 9.13 Å². The van der Waals surface area contributed by atoms with E-state index in [4.69, 9.17) is 0 Å². The maximum absolute atomic E-state index is 10.5. The van der Waals surface area contributed by atoms with Crippen LogP contribution in [0.15, 0.2) is 176 Å². The highest BCUT2D eigenvalue weighted by Crippen LogP contribution is 2.48. The minimum Gasteiger partial charge on any atom is -0.309 e. The second-order valence-electron chi connectivity index (χ2n) is 16.3. The molecule has 13 aromatic rings. The molecule has 6 heteroatoms. The van der Waals surface area contributed by atoms with Gasteiger partial charge in [0.1, 0.15) is 0 Å². The number of para-hydroxylation sites is 2. The van der Waals surface area contributed by atoms with E-state index in [-0.39, 0.29) is 0 Å². The minimum absolute atomic E-state index is 0.590. The van der Waals surface area contributed by atoms with Gasteiger partial charge in [-0.1, -0.05) is 103 Å². The summed E-state index contributed by atoms with van der Waals surface area (Å²) in [6.07, 6.45) is 0. The average Bonchev–Trinajstić information content (AvgIpc) is 4.09. The lowest BCUT2D eigenvalue weighted by Crippen LogP contribution is -2.02. The van der Waals surface area contributed by atoms with Crippen molar-refractivity contribution in [2.45, 2.75) is 6.92 Å². The van der Waals surface area contributed by atoms with Crippen LogP contribution in [0.3, 0.4) is 0 Å². The summed E-state index contributed by atoms with van der Waals surface area (Å²) in [5, 5.41) is 30.2. The van der Waals surface area contributed by atoms with Gasteiger partial charge in [-0.25, -0.2) is 0 Å². The number of hydrogen-bond donors (Lipinski definition) is 0. The van der Waals surface area contributed by atoms with Crippen LogP contribution in [0, 0.1) is 29.6 Å². The van der Waals surface area contributed by atoms with E-state index in [1.165, 1.54) is 61.9 Å². The van der Waals surface area contributed by atoms with E-state index >= 15 is 0 Å². The van der Waals surface area contributed by atoms with Crippen molar-refractivity contribution in [1.29, 1.82) is 10.5 Å². The van der Waals surface area contributed by atoms with E-state index in [1.807, 2.05) is 40.9 Å². The van der Waals surface area contributed by atoms with Gasteiger partial charge in [0.2, 0.25) is 0 Å². The Bertz CT molecular complexity index is 4200. The molecule has 9 aromatic carbocycles. The number of nitrogens with zero attached hydrogens (tertiary/aromatic N) is 4. The SMILES string of the molecule is Cc1cc(C#N)ccc1-c1ccc(-n2c3ccccc3c3c4sc5ccccc5c4ccc32)c(-c2ccc(C#N)cc2-n2c3ccccc3c3c4sc5ccccc5c4ccc32)c1. The molecule has 0 atom stereocenters. The Labute approximate surface area is 369 Å². The van der Waals surface area contributed by atoms with E-state index in [0.717, 1.165) is 61.3 Å². The molecule has 0 saturated carbocycles. The lowest BCUT2D eigenvalue weighted by molar-refractivity contribution is 1.16. The fraction of sp³-hybridized carbons (Fsp3) is 0.0175. The molecule has 0 saturated heterocycles. The van der Waals surface area contributed by atoms with Gasteiger partial charge in [-0.05, 0) is 96.4 Å². The summed E-state index contributed by atoms with van der Waals surface area (Å²) >= 11 is 3.70. The van der Waals surface area contributed by atoms with Crippen molar-refractivity contribution in [3.63, 3.8) is 0 Å². The first kappa shape index (κ1) is 35.7. The van der Waals surface area contributed by atoms with Crippen LogP contribution in [0.5, 0.6) is 0 Å². The third kappa shape index (κ3) is 5.11. The molecule has 0 radical (unpaired) electrons. The summed E-state index contributed by atoms with van der Waals surface area (Å²) in [7, 11) is 0. The molecule has 0 fully saturated rings. The number of aryl methyl sites for hydroxylation is 1. The standard InChI is InChI=1S/C57H32N4S2/c1-33-28-34(31-58)18-21-37(33)36-20-25-48(60-46-14-6-2-12-43(46)54-49(60)26-23-41-39-10-4-8-16-52(39)62-56(41)54)45(30-36)38-22-19-35(32-59)29-51(38)61-47-15-7-3-13-44(47)55-50(61)27-24-42-40-11-5-9-17-53(40)63-57(42)55/h2-30H,1H3. The second-order valence-corrected chi connectivity index (χ2v) is 18.4. The topological polar surface area (TPSA) is 57.4 Å². The smallest absolute Gasteiger partial charge is 0.0992 e. The summed E-state index contributed by atoms with van der Waals surface area (Å²) in [6.45, 7) is 2.08. The first-order chi connectivity index (χ1) is 31.1. The lowest BCUT2D eigenvalue weighted by atomic mass is 9.92. The summed E-state index contributed by atoms with van der Waals surface area (Å²) < 4.78 is 9.91. The van der Waals surface area contributed by atoms with E-state index in [9.17, 15) is 10.5 Å². The number of aromatic nitrogens is 2. The number of nitriles is 2. The monoisotopic (exact) mass is 836 g/mol. The molecule has 4 nitrogen and oxygen atoms in total. The van der Waals surface area contributed by atoms with Crippen molar-refractivity contribution >= 4 is 107 Å². The van der Waals surface area contributed by atoms with Crippen LogP contribution in [-0.2, 0) is 0 Å². The van der Waals surface area contributed by atoms with Crippen LogP contribution in [0.1, 0.15) is 16.7 Å². The van der Waals surface area contributed by atoms with Crippen molar-refractivity contribution in [2.24, 2.45) is 0 Å². The molecule has 4 aromatic heterocycles. The highest BCUT2D eigenvalue weighted by Gasteiger charge is 2.24. The second kappa shape index (κ2) is 13.5. The van der Waals surface area contributed by atoms with Crippen LogP contribution in [0.25, 0.3) is 118 Å². The highest BCUT2D eigenvalue weighted by molar-refractivity contribution is 7.27. The molecule has 0 spiro atoms. The third-order valence-electron chi connectivity index (χ3n) is 12.9. The van der Waals surface area contributed by atoms with Gasteiger partial charge in [-0.2, -0.15) is 10.5 Å². The summed E-state index contributed by atoms with van der Waals surface area (Å²) in [5.41, 5.74) is 12.8. The Kier molecular flexibility index (Phi) is 7.66. The quantitative estimate of drug-likeness (QED) is 0.177. The van der Waals surface area contributed by atoms with E-state index in [0.29, 0.717) is 11.1 Å². The van der Waals surface area contributed by atoms with Gasteiger partial charge in [0, 0.05) is 73.0 Å². The molecular weight excluding hydrogens is 805 g/mol. The fourth-order valence-corrected chi connectivity index (χ4v) is 12.7. The van der Waals surface area contributed by atoms with Crippen molar-refractivity contribution in [1.82, 2.24) is 9.13 Å². The van der Waals surface area contributed by atoms with Crippen molar-refractivity contribution in [3.05, 3.63) is 193 Å². The van der Waals surface area contributed by atoms with Gasteiger partial charge in [-0.15, -0.1) is 22.7 Å². The molecule has 0 bridgehead atoms. The minimum atomic E-state index is 0.590. The largest absolute Gasteiger partial charge is 0.309 e. The molecule has 0 aliphatic carbocycles. The maximum atomic E-state index is 10.5. The first-order valence-corrected chi connectivity index (χ1v) is 22.6. The fourth-order valence-electron chi connectivity index (χ4n) is 10.2. The van der Waals surface area contributed by atoms with Gasteiger partial charge < -0.3 is 9.13 Å². The predicted molar refractivity (Wildman–Crippen MR) is 266 cm³/mol. The number of thiophene rings is 2. The van der Waals surface area contributed by atoms with Crippen LogP contribution < -0.4 is 0 Å². The Balaban J connectivity index is 1.16. The molecule has 0 amide bonds. The van der Waals surface area contributed by atoms with E-state index < -0.39 is 0 Å². The molecule has 13 rings (SSSR count). The van der Waals surface area contributed by atoms with Gasteiger partial charge in [0.25, 0.3) is 0 Å². The summed E-state index contributed by atoms with van der Waals surface area (Å²) in [6, 6.07) is 67.6. The zero-order chi connectivity index (χ0) is 41.9. The number of benzene rings is 9. The zero-order valence-corrected chi connectivity index (χ0v) is 35.5. The van der Waals surface area contributed by atoms with Gasteiger partial charge in [0.15, 0.2) is 0 Å². The molecule has 0 aliphatic rings. The Morgan fingerprint density at radius 1 is 0.397 bits per heavy atom. The summed E-state index contributed by atoms with van der Waals surface area (Å²) in [4.78, 5) is 0. The molecule has 63 heavy (non-hydrogen) atoms. The van der Waals surface area contributed by atoms with E-state index in [1.54, 1.807) is 0 Å². The van der Waals surface area contributed by atoms with Crippen molar-refractivity contribution < 1.29 is 0 Å². The summed E-state index contributed by atoms with van der Waals surface area (Å²) in [5.74, 6) is 0. The van der Waals surface area contributed by atoms with Crippen LogP contribution >= 0.6 is 22.7 Å². The average molecular weight is 837 g/mol. The molecular formula is C57H32N4S2. The van der Waals surface area contributed by atoms with Gasteiger partial charge in [-0.3, -0.25) is 0 Å². The van der Waals surface area contributed by atoms with Crippen LogP contribution in [0.4, 0.5) is 0 Å². The van der Waals surface area contributed by atoms with E-state index in [2.05, 4.69) is 186 Å². The normalized spacial score (nSPS) is 11.9. The Morgan fingerprint density at radius 3 is 1.48 bits per heavy atom. The predicted octanol–water partition coefficient (Wildman–Crippen LogP) is 16.0. The molecule has 0 N–H and O–H groups in total. The lowest BCUT2D eigenvalue weighted by Gasteiger charge is -2.20. The first-order valence-electron chi connectivity index (χ1n) is 21.0. The Hall–Kier alpha value is -8.00. The Morgan fingerprint density at radius 2 is 0.905 bits per heavy atom. The third-order valence-corrected chi connectivity index (χ3v) is 15.3. The maximum Gasteiger partial charge on any atom is 0.0992 e. The van der Waals surface area contributed by atoms with Gasteiger partial charge >= 0.3 is 0 Å². The van der Waals surface area contributed by atoms with Crippen LogP contribution in [0.2, 0.25) is 0 Å². The molecule has 0 aliphatic heterocycles. The number of hydrogen-bond acceptors (Lipinski definition) is 4.